The molecule has 0 saturated carbocycles. The van der Waals surface area contributed by atoms with Gasteiger partial charge in [0.1, 0.15) is 6.61 Å². The van der Waals surface area contributed by atoms with Crippen LogP contribution in [-0.2, 0) is 19.1 Å². The van der Waals surface area contributed by atoms with Gasteiger partial charge in [0.15, 0.2) is 6.10 Å². The van der Waals surface area contributed by atoms with Crippen molar-refractivity contribution in [2.45, 2.75) is 386 Å². The lowest BCUT2D eigenvalue weighted by Crippen LogP contribution is -2.28. The van der Waals surface area contributed by atoms with E-state index in [2.05, 4.69) is 86.8 Å². The molecule has 0 aliphatic heterocycles. The van der Waals surface area contributed by atoms with Crippen molar-refractivity contribution < 1.29 is 24.2 Å². The van der Waals surface area contributed by atoms with E-state index in [-0.39, 0.29) is 25.2 Å². The lowest BCUT2D eigenvalue weighted by Gasteiger charge is -2.15. The Morgan fingerprint density at radius 3 is 0.802 bits per heavy atom. The van der Waals surface area contributed by atoms with Crippen molar-refractivity contribution in [2.75, 3.05) is 13.2 Å². The molecule has 1 unspecified atom stereocenters. The fourth-order valence-electron chi connectivity index (χ4n) is 10.9. The van der Waals surface area contributed by atoms with Gasteiger partial charge in [0.2, 0.25) is 0 Å². The Morgan fingerprint density at radius 2 is 0.531 bits per heavy atom. The largest absolute Gasteiger partial charge is 0.462 e. The van der Waals surface area contributed by atoms with Gasteiger partial charge in [-0.2, -0.15) is 0 Å². The van der Waals surface area contributed by atoms with Crippen molar-refractivity contribution >= 4 is 11.9 Å². The Labute approximate surface area is 505 Å². The average Bonchev–Trinajstić information content (AvgIpc) is 3.47. The van der Waals surface area contributed by atoms with E-state index in [4.69, 9.17) is 9.47 Å². The Kier molecular flexibility index (Phi) is 69.3. The maximum absolute atomic E-state index is 12.4. The maximum Gasteiger partial charge on any atom is 0.306 e. The number of hydrogen-bond donors (Lipinski definition) is 1. The van der Waals surface area contributed by atoms with Crippen LogP contribution in [0.5, 0.6) is 0 Å². The molecule has 0 fully saturated rings. The third kappa shape index (κ3) is 69.7. The molecule has 0 amide bonds. The van der Waals surface area contributed by atoms with Gasteiger partial charge in [-0.1, -0.05) is 376 Å². The van der Waals surface area contributed by atoms with Crippen molar-refractivity contribution in [1.29, 1.82) is 0 Å². The Morgan fingerprint density at radius 1 is 0.296 bits per heavy atom. The zero-order valence-corrected chi connectivity index (χ0v) is 54.3. The highest BCUT2D eigenvalue weighted by atomic mass is 16.6. The second kappa shape index (κ2) is 71.6. The molecule has 472 valence electrons. The van der Waals surface area contributed by atoms with Crippen LogP contribution in [0, 0.1) is 0 Å². The highest BCUT2D eigenvalue weighted by Crippen LogP contribution is 2.19. The van der Waals surface area contributed by atoms with Gasteiger partial charge in [-0.25, -0.2) is 0 Å². The van der Waals surface area contributed by atoms with Crippen LogP contribution in [-0.4, -0.2) is 36.4 Å². The van der Waals surface area contributed by atoms with Crippen molar-refractivity contribution in [1.82, 2.24) is 0 Å². The van der Waals surface area contributed by atoms with Crippen LogP contribution < -0.4 is 0 Å². The summed E-state index contributed by atoms with van der Waals surface area (Å²) in [5, 5.41) is 9.70. The number of rotatable bonds is 67. The van der Waals surface area contributed by atoms with E-state index in [9.17, 15) is 14.7 Å². The van der Waals surface area contributed by atoms with Gasteiger partial charge < -0.3 is 14.6 Å². The van der Waals surface area contributed by atoms with Crippen LogP contribution in [0.2, 0.25) is 0 Å². The number of allylic oxidation sites excluding steroid dienone is 12. The normalized spacial score (nSPS) is 12.6. The van der Waals surface area contributed by atoms with E-state index in [0.29, 0.717) is 12.8 Å². The van der Waals surface area contributed by atoms with Gasteiger partial charge in [0.05, 0.1) is 6.61 Å². The molecule has 0 aliphatic carbocycles. The molecule has 81 heavy (non-hydrogen) atoms. The second-order valence-electron chi connectivity index (χ2n) is 24.3. The summed E-state index contributed by atoms with van der Waals surface area (Å²) in [4.78, 5) is 24.6. The van der Waals surface area contributed by atoms with Gasteiger partial charge in [-0.15, -0.1) is 0 Å². The number of carbonyl (C=O) groups excluding carboxylic acids is 2. The molecule has 1 atom stereocenters. The topological polar surface area (TPSA) is 72.8 Å². The van der Waals surface area contributed by atoms with Crippen LogP contribution in [0.15, 0.2) is 72.9 Å². The average molecular weight is 1130 g/mol. The first-order valence-corrected chi connectivity index (χ1v) is 36.0. The van der Waals surface area contributed by atoms with Crippen LogP contribution in [0.3, 0.4) is 0 Å². The number of ether oxygens (including phenoxy) is 2. The minimum atomic E-state index is -0.781. The first-order valence-electron chi connectivity index (χ1n) is 36.0. The summed E-state index contributed by atoms with van der Waals surface area (Å²) in [6.45, 7) is 4.07. The van der Waals surface area contributed by atoms with E-state index in [1.54, 1.807) is 0 Å². The first kappa shape index (κ1) is 78.3. The fourth-order valence-corrected chi connectivity index (χ4v) is 10.9. The van der Waals surface area contributed by atoms with Crippen molar-refractivity contribution in [3.8, 4) is 0 Å². The van der Waals surface area contributed by atoms with E-state index in [1.165, 1.54) is 270 Å². The first-order chi connectivity index (χ1) is 40.1. The summed E-state index contributed by atoms with van der Waals surface area (Å²) in [5.41, 5.74) is 0. The molecule has 0 spiro atoms. The van der Waals surface area contributed by atoms with Crippen LogP contribution in [0.4, 0.5) is 0 Å². The number of carbonyl (C=O) groups is 2. The van der Waals surface area contributed by atoms with Gasteiger partial charge >= 0.3 is 11.9 Å². The molecule has 0 bridgehead atoms. The molecular weight excluding hydrogens is 993 g/mol. The molecule has 0 aromatic rings. The Balaban J connectivity index is 3.40. The number of aliphatic hydroxyl groups excluding tert-OH is 1. The number of unbranched alkanes of at least 4 members (excludes halogenated alkanes) is 47. The zero-order chi connectivity index (χ0) is 58.4. The monoisotopic (exact) mass is 1130 g/mol. The molecule has 0 heterocycles. The van der Waals surface area contributed by atoms with Crippen LogP contribution in [0.1, 0.15) is 380 Å². The van der Waals surface area contributed by atoms with Crippen molar-refractivity contribution in [3.63, 3.8) is 0 Å². The summed E-state index contributed by atoms with van der Waals surface area (Å²) < 4.78 is 10.8. The SMILES string of the molecule is CC/C=C\C/C=C\C/C=C\C/C=C\C/C=C\C/C=C\CCCCCCCCCCC(=O)OC(CO)COC(=O)CCCCCCCCCCCCCCCCCCCCCCCCCCCCCCCCCCCCCCCCCC. The Hall–Kier alpha value is -2.66. The van der Waals surface area contributed by atoms with Crippen molar-refractivity contribution in [3.05, 3.63) is 72.9 Å². The van der Waals surface area contributed by atoms with Gasteiger partial charge in [-0.05, 0) is 64.2 Å². The van der Waals surface area contributed by atoms with Crippen LogP contribution >= 0.6 is 0 Å². The molecule has 0 aromatic carbocycles. The number of esters is 2. The number of hydrogen-bond acceptors (Lipinski definition) is 5. The standard InChI is InChI=1S/C76H138O5/c1-3-5-7-9-11-13-15-17-19-21-23-25-27-29-31-32-33-34-35-36-37-38-39-40-41-42-43-45-46-48-50-52-54-56-58-60-62-64-66-68-70-75(78)80-73-74(72-77)81-76(79)71-69-67-65-63-61-59-57-55-53-51-49-47-44-30-28-26-24-22-20-18-16-14-12-10-8-6-4-2/h6,8,12,14,18,20,24,26,30,44,49,51,74,77H,3-5,7,9-11,13,15-17,19,21-23,25,27-29,31-43,45-48,50,52-73H2,1-2H3/b8-6-,14-12-,20-18-,26-24-,44-30-,51-49-. The minimum absolute atomic E-state index is 0.0685. The highest BCUT2D eigenvalue weighted by molar-refractivity contribution is 5.70. The fraction of sp³-hybridized carbons (Fsp3) is 0.816. The molecular formula is C76H138O5. The summed E-state index contributed by atoms with van der Waals surface area (Å²) in [5.74, 6) is -0.587. The molecule has 0 rings (SSSR count). The third-order valence-corrected chi connectivity index (χ3v) is 16.3. The number of aliphatic hydroxyl groups is 1. The van der Waals surface area contributed by atoms with Gasteiger partial charge in [0, 0.05) is 12.8 Å². The van der Waals surface area contributed by atoms with E-state index >= 15 is 0 Å². The summed E-state index contributed by atoms with van der Waals surface area (Å²) in [6.07, 6.45) is 99.6. The smallest absolute Gasteiger partial charge is 0.306 e. The summed E-state index contributed by atoms with van der Waals surface area (Å²) in [6, 6.07) is 0. The van der Waals surface area contributed by atoms with E-state index < -0.39 is 6.10 Å². The summed E-state index contributed by atoms with van der Waals surface area (Å²) >= 11 is 0. The second-order valence-corrected chi connectivity index (χ2v) is 24.3. The maximum atomic E-state index is 12.4. The molecule has 0 aliphatic rings. The van der Waals surface area contributed by atoms with Crippen molar-refractivity contribution in [2.24, 2.45) is 0 Å². The van der Waals surface area contributed by atoms with E-state index in [0.717, 1.165) is 83.5 Å². The molecule has 0 aromatic heterocycles. The summed E-state index contributed by atoms with van der Waals surface area (Å²) in [7, 11) is 0. The predicted molar refractivity (Wildman–Crippen MR) is 357 cm³/mol. The van der Waals surface area contributed by atoms with Crippen LogP contribution in [0.25, 0.3) is 0 Å². The third-order valence-electron chi connectivity index (χ3n) is 16.3. The van der Waals surface area contributed by atoms with Gasteiger partial charge in [0.25, 0.3) is 0 Å². The minimum Gasteiger partial charge on any atom is -0.462 e. The quantitative estimate of drug-likeness (QED) is 0.0373. The molecule has 0 saturated heterocycles. The molecule has 1 N–H and O–H groups in total. The Bertz CT molecular complexity index is 1420. The lowest BCUT2D eigenvalue weighted by molar-refractivity contribution is -0.161. The molecule has 0 radical (unpaired) electrons. The molecule has 5 heteroatoms. The zero-order valence-electron chi connectivity index (χ0n) is 54.3. The highest BCUT2D eigenvalue weighted by Gasteiger charge is 2.16. The predicted octanol–water partition coefficient (Wildman–Crippen LogP) is 25.0. The van der Waals surface area contributed by atoms with E-state index in [1.807, 2.05) is 0 Å². The van der Waals surface area contributed by atoms with Gasteiger partial charge in [-0.3, -0.25) is 9.59 Å². The lowest BCUT2D eigenvalue weighted by atomic mass is 10.0. The molecule has 5 nitrogen and oxygen atoms in total.